The number of carboxylic acids is 1. The number of aliphatic carboxylic acids is 1. The van der Waals surface area contributed by atoms with Crippen molar-refractivity contribution in [3.63, 3.8) is 0 Å². The molecule has 0 saturated carbocycles. The molecule has 0 aliphatic heterocycles. The van der Waals surface area contributed by atoms with Gasteiger partial charge in [0.1, 0.15) is 12.6 Å². The van der Waals surface area contributed by atoms with Crippen LogP contribution >= 0.6 is 23.2 Å². The van der Waals surface area contributed by atoms with Gasteiger partial charge in [0.05, 0.1) is 22.0 Å². The van der Waals surface area contributed by atoms with E-state index < -0.39 is 42.9 Å². The number of alkyl carbamates (subject to hydrolysis) is 1. The molecule has 3 aromatic carbocycles. The predicted molar refractivity (Wildman–Crippen MR) is 136 cm³/mol. The molecule has 0 fully saturated rings. The Bertz CT molecular complexity index is 1310. The molecule has 0 saturated heterocycles. The highest BCUT2D eigenvalue weighted by molar-refractivity contribution is 6.39. The molecule has 3 aromatic rings. The van der Waals surface area contributed by atoms with Crippen molar-refractivity contribution < 1.29 is 33.8 Å². The first-order valence-electron chi connectivity index (χ1n) is 11.2. The second-order valence-corrected chi connectivity index (χ2v) is 9.07. The summed E-state index contributed by atoms with van der Waals surface area (Å²) in [7, 11) is 0. The lowest BCUT2D eigenvalue weighted by Gasteiger charge is -2.18. The maximum atomic E-state index is 12.6. The van der Waals surface area contributed by atoms with Gasteiger partial charge in [-0.05, 0) is 34.4 Å². The standard InChI is InChI=1S/C27H21Cl2NO7/c28-20-10-5-11-21(29)25(20)26(34)36-14-23(31)22(12-24(32)33)30-27(35)37-13-19-17-8-3-1-6-15(17)16-7-2-4-9-18(16)19/h1-11,19,22H,12-14H2,(H,30,35)(H,32,33)/t22-/m0/s1. The fourth-order valence-corrected chi connectivity index (χ4v) is 4.76. The molecule has 2 N–H and O–H groups in total. The lowest BCUT2D eigenvalue weighted by Crippen LogP contribution is -2.44. The molecule has 1 atom stereocenters. The second kappa shape index (κ2) is 11.5. The van der Waals surface area contributed by atoms with Crippen LogP contribution in [-0.4, -0.2) is 48.2 Å². The van der Waals surface area contributed by atoms with Crippen LogP contribution in [-0.2, 0) is 19.1 Å². The Morgan fingerprint density at radius 2 is 1.41 bits per heavy atom. The van der Waals surface area contributed by atoms with Gasteiger partial charge in [0.25, 0.3) is 0 Å². The summed E-state index contributed by atoms with van der Waals surface area (Å²) >= 11 is 11.9. The van der Waals surface area contributed by atoms with Gasteiger partial charge in [-0.15, -0.1) is 0 Å². The molecule has 0 unspecified atom stereocenters. The number of nitrogens with one attached hydrogen (secondary N) is 1. The Morgan fingerprint density at radius 3 is 1.97 bits per heavy atom. The quantitative estimate of drug-likeness (QED) is 0.361. The zero-order valence-corrected chi connectivity index (χ0v) is 20.8. The summed E-state index contributed by atoms with van der Waals surface area (Å²) in [5.41, 5.74) is 3.97. The van der Waals surface area contributed by atoms with Gasteiger partial charge in [-0.3, -0.25) is 9.59 Å². The summed E-state index contributed by atoms with van der Waals surface area (Å²) in [6, 6.07) is 18.5. The number of ketones is 1. The molecule has 0 bridgehead atoms. The average Bonchev–Trinajstić information content (AvgIpc) is 3.19. The number of carbonyl (C=O) groups excluding carboxylic acids is 3. The molecule has 0 radical (unpaired) electrons. The van der Waals surface area contributed by atoms with E-state index in [2.05, 4.69) is 5.32 Å². The third kappa shape index (κ3) is 5.93. The zero-order valence-electron chi connectivity index (χ0n) is 19.3. The number of hydrogen-bond donors (Lipinski definition) is 2. The minimum Gasteiger partial charge on any atom is -0.481 e. The Kier molecular flexibility index (Phi) is 8.11. The third-order valence-electron chi connectivity index (χ3n) is 5.92. The maximum absolute atomic E-state index is 12.6. The van der Waals surface area contributed by atoms with E-state index in [1.54, 1.807) is 0 Å². The number of amides is 1. The van der Waals surface area contributed by atoms with Gasteiger partial charge in [0.2, 0.25) is 0 Å². The van der Waals surface area contributed by atoms with Crippen molar-refractivity contribution in [2.75, 3.05) is 13.2 Å². The number of carbonyl (C=O) groups is 4. The first-order valence-corrected chi connectivity index (χ1v) is 12.0. The molecule has 1 aliphatic rings. The Morgan fingerprint density at radius 1 is 0.838 bits per heavy atom. The number of fused-ring (bicyclic) bond motifs is 3. The van der Waals surface area contributed by atoms with Crippen LogP contribution in [0, 0.1) is 0 Å². The highest BCUT2D eigenvalue weighted by Gasteiger charge is 2.30. The number of halogens is 2. The molecule has 1 amide bonds. The number of hydrogen-bond acceptors (Lipinski definition) is 6. The van der Waals surface area contributed by atoms with E-state index >= 15 is 0 Å². The van der Waals surface area contributed by atoms with Crippen molar-refractivity contribution in [2.24, 2.45) is 0 Å². The number of rotatable bonds is 9. The summed E-state index contributed by atoms with van der Waals surface area (Å²) in [5, 5.41) is 11.5. The van der Waals surface area contributed by atoms with Crippen molar-refractivity contribution in [3.05, 3.63) is 93.5 Å². The monoisotopic (exact) mass is 541 g/mol. The van der Waals surface area contributed by atoms with E-state index in [9.17, 15) is 24.3 Å². The van der Waals surface area contributed by atoms with Crippen LogP contribution in [0.15, 0.2) is 66.7 Å². The van der Waals surface area contributed by atoms with Gasteiger partial charge >= 0.3 is 18.0 Å². The number of esters is 1. The summed E-state index contributed by atoms with van der Waals surface area (Å²) in [6.07, 6.45) is -1.70. The van der Waals surface area contributed by atoms with Crippen molar-refractivity contribution in [2.45, 2.75) is 18.4 Å². The normalized spacial score (nSPS) is 12.7. The number of carboxylic acid groups (broad SMARTS) is 1. The molecule has 0 aromatic heterocycles. The van der Waals surface area contributed by atoms with E-state index in [0.29, 0.717) is 0 Å². The lowest BCUT2D eigenvalue weighted by atomic mass is 9.98. The first-order chi connectivity index (χ1) is 17.8. The second-order valence-electron chi connectivity index (χ2n) is 8.26. The smallest absolute Gasteiger partial charge is 0.407 e. The number of benzene rings is 3. The van der Waals surface area contributed by atoms with Crippen molar-refractivity contribution >= 4 is 47.0 Å². The zero-order chi connectivity index (χ0) is 26.5. The molecule has 0 heterocycles. The number of ether oxygens (including phenoxy) is 2. The van der Waals surface area contributed by atoms with Crippen molar-refractivity contribution in [1.82, 2.24) is 5.32 Å². The summed E-state index contributed by atoms with van der Waals surface area (Å²) in [4.78, 5) is 48.8. The van der Waals surface area contributed by atoms with E-state index in [1.807, 2.05) is 48.5 Å². The SMILES string of the molecule is O=C(O)C[C@H](NC(=O)OCC1c2ccccc2-c2ccccc21)C(=O)COC(=O)c1c(Cl)cccc1Cl. The third-order valence-corrected chi connectivity index (χ3v) is 6.55. The average molecular weight is 542 g/mol. The minimum absolute atomic E-state index is 0.0200. The van der Waals surface area contributed by atoms with Crippen LogP contribution in [0.25, 0.3) is 11.1 Å². The fraction of sp³-hybridized carbons (Fsp3) is 0.185. The van der Waals surface area contributed by atoms with Crippen molar-refractivity contribution in [1.29, 1.82) is 0 Å². The molecule has 190 valence electrons. The van der Waals surface area contributed by atoms with Gasteiger partial charge in [0, 0.05) is 5.92 Å². The molecule has 8 nitrogen and oxygen atoms in total. The maximum Gasteiger partial charge on any atom is 0.407 e. The van der Waals surface area contributed by atoms with Crippen LogP contribution in [0.5, 0.6) is 0 Å². The summed E-state index contributed by atoms with van der Waals surface area (Å²) < 4.78 is 10.4. The van der Waals surface area contributed by atoms with Crippen LogP contribution in [0.2, 0.25) is 10.0 Å². The van der Waals surface area contributed by atoms with Gasteiger partial charge < -0.3 is 19.9 Å². The summed E-state index contributed by atoms with van der Waals surface area (Å²) in [6.45, 7) is -0.824. The number of Topliss-reactive ketones (excluding diaryl/α,β-unsaturated/α-hetero) is 1. The van der Waals surface area contributed by atoms with E-state index in [0.717, 1.165) is 22.3 Å². The molecule has 4 rings (SSSR count). The molecular formula is C27H21Cl2NO7. The Hall–Kier alpha value is -3.88. The van der Waals surface area contributed by atoms with E-state index in [1.165, 1.54) is 18.2 Å². The Balaban J connectivity index is 1.38. The van der Waals surface area contributed by atoms with Gasteiger partial charge in [-0.2, -0.15) is 0 Å². The molecule has 1 aliphatic carbocycles. The van der Waals surface area contributed by atoms with Crippen LogP contribution in [0.4, 0.5) is 4.79 Å². The highest BCUT2D eigenvalue weighted by Crippen LogP contribution is 2.44. The molecular weight excluding hydrogens is 521 g/mol. The van der Waals surface area contributed by atoms with Crippen LogP contribution in [0.3, 0.4) is 0 Å². The topological polar surface area (TPSA) is 119 Å². The van der Waals surface area contributed by atoms with E-state index in [4.69, 9.17) is 32.7 Å². The van der Waals surface area contributed by atoms with Gasteiger partial charge in [-0.1, -0.05) is 77.8 Å². The fourth-order valence-electron chi connectivity index (χ4n) is 4.20. The molecule has 0 spiro atoms. The van der Waals surface area contributed by atoms with Gasteiger partial charge in [-0.25, -0.2) is 9.59 Å². The molecule has 10 heteroatoms. The van der Waals surface area contributed by atoms with E-state index in [-0.39, 0.29) is 28.1 Å². The lowest BCUT2D eigenvalue weighted by molar-refractivity contribution is -0.139. The van der Waals surface area contributed by atoms with Crippen molar-refractivity contribution in [3.8, 4) is 11.1 Å². The minimum atomic E-state index is -1.48. The largest absolute Gasteiger partial charge is 0.481 e. The van der Waals surface area contributed by atoms with Gasteiger partial charge in [0.15, 0.2) is 12.4 Å². The predicted octanol–water partition coefficient (Wildman–Crippen LogP) is 5.10. The first kappa shape index (κ1) is 26.2. The van der Waals surface area contributed by atoms with Crippen LogP contribution < -0.4 is 5.32 Å². The molecule has 37 heavy (non-hydrogen) atoms. The van der Waals surface area contributed by atoms with Crippen LogP contribution in [0.1, 0.15) is 33.8 Å². The summed E-state index contributed by atoms with van der Waals surface area (Å²) in [5.74, 6) is -3.35. The Labute approximate surface area is 222 Å². The highest BCUT2D eigenvalue weighted by atomic mass is 35.5.